The molecule has 0 aromatic carbocycles. The highest BCUT2D eigenvalue weighted by molar-refractivity contribution is 5.92. The van der Waals surface area contributed by atoms with Crippen LogP contribution in [0.3, 0.4) is 0 Å². The van der Waals surface area contributed by atoms with Gasteiger partial charge in [0.05, 0.1) is 5.69 Å². The van der Waals surface area contributed by atoms with E-state index in [9.17, 15) is 4.79 Å². The Balaban J connectivity index is 3.10. The molecule has 1 heterocycles. The Morgan fingerprint density at radius 3 is 2.55 bits per heavy atom. The molecule has 0 fully saturated rings. The van der Waals surface area contributed by atoms with Crippen LogP contribution in [0.5, 0.6) is 0 Å². The van der Waals surface area contributed by atoms with Gasteiger partial charge in [-0.2, -0.15) is 0 Å². The Morgan fingerprint density at radius 2 is 2.27 bits per heavy atom. The van der Waals surface area contributed by atoms with Crippen LogP contribution in [0.4, 0.5) is 0 Å². The van der Waals surface area contributed by atoms with E-state index < -0.39 is 0 Å². The van der Waals surface area contributed by atoms with Crippen LogP contribution in [0.1, 0.15) is 23.1 Å². The highest BCUT2D eigenvalue weighted by atomic mass is 16.1. The molecule has 0 aliphatic carbocycles. The van der Waals surface area contributed by atoms with E-state index in [1.165, 1.54) is 0 Å². The largest absolute Gasteiger partial charge is 0.344 e. The van der Waals surface area contributed by atoms with Crippen LogP contribution in [0, 0.1) is 0 Å². The zero-order valence-electron chi connectivity index (χ0n) is 6.79. The van der Waals surface area contributed by atoms with Crippen molar-refractivity contribution in [3.05, 3.63) is 23.5 Å². The molecule has 0 saturated carbocycles. The number of ketones is 1. The van der Waals surface area contributed by atoms with Crippen LogP contribution in [0.2, 0.25) is 0 Å². The first kappa shape index (κ1) is 8.01. The number of aromatic nitrogens is 1. The lowest BCUT2D eigenvalue weighted by atomic mass is 10.3. The molecule has 3 heteroatoms. The molecule has 0 saturated heterocycles. The van der Waals surface area contributed by atoms with Crippen molar-refractivity contribution in [1.82, 2.24) is 4.57 Å². The molecule has 60 valence electrons. The summed E-state index contributed by atoms with van der Waals surface area (Å²) in [4.78, 5) is 10.9. The lowest BCUT2D eigenvalue weighted by Gasteiger charge is -2.01. The normalized spacial score (nSPS) is 10.1. The Hall–Kier alpha value is -1.09. The molecule has 11 heavy (non-hydrogen) atoms. The van der Waals surface area contributed by atoms with Gasteiger partial charge in [-0.1, -0.05) is 0 Å². The predicted molar refractivity (Wildman–Crippen MR) is 43.3 cm³/mol. The summed E-state index contributed by atoms with van der Waals surface area (Å²) in [5, 5.41) is 0. The third-order valence-electron chi connectivity index (χ3n) is 1.80. The molecular formula is C8H12N2O. The minimum Gasteiger partial charge on any atom is -0.344 e. The topological polar surface area (TPSA) is 48.0 Å². The van der Waals surface area contributed by atoms with Gasteiger partial charge in [-0.3, -0.25) is 4.79 Å². The summed E-state index contributed by atoms with van der Waals surface area (Å²) in [6, 6.07) is 3.67. The Labute approximate surface area is 65.8 Å². The number of Topliss-reactive ketones (excluding diaryl/α,β-unsaturated/α-hetero) is 1. The second-order valence-corrected chi connectivity index (χ2v) is 2.53. The standard InChI is InChI=1S/C8H12N2O/c1-6(11)8-4-3-7(5-9)10(8)2/h3-4H,5,9H2,1-2H3. The lowest BCUT2D eigenvalue weighted by molar-refractivity contribution is 0.101. The van der Waals surface area contributed by atoms with E-state index in [0.29, 0.717) is 12.2 Å². The Morgan fingerprint density at radius 1 is 1.64 bits per heavy atom. The first-order valence-electron chi connectivity index (χ1n) is 3.52. The Kier molecular flexibility index (Phi) is 2.10. The van der Waals surface area contributed by atoms with Gasteiger partial charge in [-0.25, -0.2) is 0 Å². The highest BCUT2D eigenvalue weighted by Crippen LogP contribution is 2.06. The fraction of sp³-hybridized carbons (Fsp3) is 0.375. The summed E-state index contributed by atoms with van der Waals surface area (Å²) in [5.74, 6) is 0.0761. The zero-order chi connectivity index (χ0) is 8.43. The van der Waals surface area contributed by atoms with Gasteiger partial charge >= 0.3 is 0 Å². The van der Waals surface area contributed by atoms with E-state index in [4.69, 9.17) is 5.73 Å². The maximum atomic E-state index is 10.9. The van der Waals surface area contributed by atoms with E-state index in [2.05, 4.69) is 0 Å². The highest BCUT2D eigenvalue weighted by Gasteiger charge is 2.05. The van der Waals surface area contributed by atoms with E-state index in [-0.39, 0.29) is 5.78 Å². The maximum Gasteiger partial charge on any atom is 0.176 e. The first-order valence-corrected chi connectivity index (χ1v) is 3.52. The molecule has 0 atom stereocenters. The fourth-order valence-electron chi connectivity index (χ4n) is 1.11. The van der Waals surface area contributed by atoms with Crippen molar-refractivity contribution in [1.29, 1.82) is 0 Å². The van der Waals surface area contributed by atoms with Crippen molar-refractivity contribution < 1.29 is 4.79 Å². The third-order valence-corrected chi connectivity index (χ3v) is 1.80. The smallest absolute Gasteiger partial charge is 0.176 e. The van der Waals surface area contributed by atoms with E-state index >= 15 is 0 Å². The van der Waals surface area contributed by atoms with Gasteiger partial charge in [-0.05, 0) is 12.1 Å². The van der Waals surface area contributed by atoms with Crippen molar-refractivity contribution in [3.63, 3.8) is 0 Å². The molecule has 1 aromatic heterocycles. The monoisotopic (exact) mass is 152 g/mol. The van der Waals surface area contributed by atoms with Crippen LogP contribution < -0.4 is 5.73 Å². The minimum absolute atomic E-state index is 0.0761. The van der Waals surface area contributed by atoms with E-state index in [0.717, 1.165) is 5.69 Å². The van der Waals surface area contributed by atoms with Gasteiger partial charge in [0.15, 0.2) is 5.78 Å². The summed E-state index contributed by atoms with van der Waals surface area (Å²) in [6.45, 7) is 2.03. The lowest BCUT2D eigenvalue weighted by Crippen LogP contribution is -2.07. The van der Waals surface area contributed by atoms with Crippen molar-refractivity contribution in [2.75, 3.05) is 0 Å². The van der Waals surface area contributed by atoms with Gasteiger partial charge < -0.3 is 10.3 Å². The van der Waals surface area contributed by atoms with Gasteiger partial charge in [-0.15, -0.1) is 0 Å². The number of hydrogen-bond donors (Lipinski definition) is 1. The number of hydrogen-bond acceptors (Lipinski definition) is 2. The molecule has 0 aliphatic rings. The van der Waals surface area contributed by atoms with Crippen molar-refractivity contribution in [2.45, 2.75) is 13.5 Å². The number of nitrogens with two attached hydrogens (primary N) is 1. The van der Waals surface area contributed by atoms with Gasteiger partial charge in [0.2, 0.25) is 0 Å². The van der Waals surface area contributed by atoms with Crippen LogP contribution >= 0.6 is 0 Å². The molecule has 1 rings (SSSR count). The van der Waals surface area contributed by atoms with Crippen molar-refractivity contribution in [3.8, 4) is 0 Å². The number of carbonyl (C=O) groups is 1. The summed E-state index contributed by atoms with van der Waals surface area (Å²) in [6.07, 6.45) is 0. The van der Waals surface area contributed by atoms with E-state index in [1.54, 1.807) is 13.0 Å². The molecule has 1 aromatic rings. The predicted octanol–water partition coefficient (Wildman–Crippen LogP) is 0.686. The molecular weight excluding hydrogens is 140 g/mol. The van der Waals surface area contributed by atoms with Crippen LogP contribution in [0.25, 0.3) is 0 Å². The minimum atomic E-state index is 0.0761. The zero-order valence-corrected chi connectivity index (χ0v) is 6.79. The second kappa shape index (κ2) is 2.88. The Bertz CT molecular complexity index is 276. The SMILES string of the molecule is CC(=O)c1ccc(CN)n1C. The maximum absolute atomic E-state index is 10.9. The van der Waals surface area contributed by atoms with Gasteiger partial charge in [0.1, 0.15) is 0 Å². The van der Waals surface area contributed by atoms with Crippen molar-refractivity contribution >= 4 is 5.78 Å². The first-order chi connectivity index (χ1) is 5.16. The molecule has 3 nitrogen and oxygen atoms in total. The second-order valence-electron chi connectivity index (χ2n) is 2.53. The summed E-state index contributed by atoms with van der Waals surface area (Å²) in [5.41, 5.74) is 7.13. The fourth-order valence-corrected chi connectivity index (χ4v) is 1.11. The van der Waals surface area contributed by atoms with Gasteiger partial charge in [0.25, 0.3) is 0 Å². The van der Waals surface area contributed by atoms with Crippen LogP contribution in [-0.4, -0.2) is 10.4 Å². The summed E-state index contributed by atoms with van der Waals surface area (Å²) < 4.78 is 1.82. The molecule has 0 aliphatic heterocycles. The summed E-state index contributed by atoms with van der Waals surface area (Å²) in [7, 11) is 1.85. The molecule has 0 unspecified atom stereocenters. The van der Waals surface area contributed by atoms with Crippen LogP contribution in [-0.2, 0) is 13.6 Å². The molecule has 0 bridgehead atoms. The summed E-state index contributed by atoms with van der Waals surface area (Å²) >= 11 is 0. The molecule has 0 amide bonds. The average molecular weight is 152 g/mol. The van der Waals surface area contributed by atoms with Gasteiger partial charge in [0, 0.05) is 26.2 Å². The third kappa shape index (κ3) is 1.33. The molecule has 2 N–H and O–H groups in total. The number of nitrogens with zero attached hydrogens (tertiary/aromatic N) is 1. The number of rotatable bonds is 2. The molecule has 0 radical (unpaired) electrons. The average Bonchev–Trinajstić information content (AvgIpc) is 2.30. The quantitative estimate of drug-likeness (QED) is 0.634. The number of carbonyl (C=O) groups excluding carboxylic acids is 1. The van der Waals surface area contributed by atoms with E-state index in [1.807, 2.05) is 17.7 Å². The van der Waals surface area contributed by atoms with Crippen LogP contribution in [0.15, 0.2) is 12.1 Å². The molecule has 0 spiro atoms. The van der Waals surface area contributed by atoms with Crippen molar-refractivity contribution in [2.24, 2.45) is 12.8 Å².